The Morgan fingerprint density at radius 1 is 1.03 bits per heavy atom. The van der Waals surface area contributed by atoms with Crippen LogP contribution in [-0.4, -0.2) is 22.0 Å². The number of fused-ring (bicyclic) bond motifs is 1. The maximum Gasteiger partial charge on any atom is 0.251 e. The molecule has 3 N–H and O–H groups in total. The van der Waals surface area contributed by atoms with Gasteiger partial charge >= 0.3 is 0 Å². The molecule has 0 saturated heterocycles. The number of rotatable bonds is 8. The first kappa shape index (κ1) is 22.7. The van der Waals surface area contributed by atoms with Gasteiger partial charge in [0.1, 0.15) is 11.3 Å². The molecule has 5 nitrogen and oxygen atoms in total. The van der Waals surface area contributed by atoms with Crippen molar-refractivity contribution >= 4 is 22.5 Å². The van der Waals surface area contributed by atoms with Crippen LogP contribution in [0.1, 0.15) is 41.3 Å². The molecule has 1 heterocycles. The second-order valence-electron chi connectivity index (χ2n) is 9.16. The molecular weight excluding hydrogens is 434 g/mol. The molecule has 2 unspecified atom stereocenters. The Morgan fingerprint density at radius 3 is 2.63 bits per heavy atom. The molecule has 1 aliphatic carbocycles. The zero-order valence-electron chi connectivity index (χ0n) is 19.8. The van der Waals surface area contributed by atoms with Gasteiger partial charge in [0, 0.05) is 35.4 Å². The van der Waals surface area contributed by atoms with Gasteiger partial charge in [0.2, 0.25) is 0 Å². The number of benzene rings is 3. The molecule has 5 heteroatoms. The molecule has 1 amide bonds. The smallest absolute Gasteiger partial charge is 0.251 e. The summed E-state index contributed by atoms with van der Waals surface area (Å²) in [6.07, 6.45) is 3.88. The van der Waals surface area contributed by atoms with E-state index in [4.69, 9.17) is 0 Å². The van der Waals surface area contributed by atoms with Crippen molar-refractivity contribution in [1.29, 1.82) is 0 Å². The van der Waals surface area contributed by atoms with Crippen molar-refractivity contribution in [2.45, 2.75) is 32.4 Å². The van der Waals surface area contributed by atoms with Gasteiger partial charge in [-0.2, -0.15) is 0 Å². The summed E-state index contributed by atoms with van der Waals surface area (Å²) in [5, 5.41) is 17.8. The van der Waals surface area contributed by atoms with Crippen LogP contribution in [0, 0.1) is 5.92 Å². The number of aromatic nitrogens is 1. The Balaban J connectivity index is 1.23. The highest BCUT2D eigenvalue weighted by molar-refractivity contribution is 5.94. The van der Waals surface area contributed by atoms with Crippen molar-refractivity contribution in [3.05, 3.63) is 102 Å². The molecule has 4 aromatic rings. The van der Waals surface area contributed by atoms with Crippen molar-refractivity contribution in [3.8, 4) is 16.9 Å². The number of nitrogens with one attached hydrogen (secondary N) is 2. The quantitative estimate of drug-likeness (QED) is 0.304. The first-order valence-corrected chi connectivity index (χ1v) is 12.0. The van der Waals surface area contributed by atoms with Gasteiger partial charge in [-0.1, -0.05) is 56.3 Å². The van der Waals surface area contributed by atoms with Gasteiger partial charge in [-0.15, -0.1) is 0 Å². The minimum Gasteiger partial charge on any atom is -0.506 e. The Morgan fingerprint density at radius 2 is 1.86 bits per heavy atom. The highest BCUT2D eigenvalue weighted by atomic mass is 16.3. The Kier molecular flexibility index (Phi) is 6.23. The summed E-state index contributed by atoms with van der Waals surface area (Å²) < 4.78 is 0. The molecule has 3 aromatic carbocycles. The van der Waals surface area contributed by atoms with Crippen LogP contribution in [0.25, 0.3) is 27.7 Å². The van der Waals surface area contributed by atoms with Crippen LogP contribution in [0.4, 0.5) is 0 Å². The number of carbonyl (C=O) groups excluding carboxylic acids is 1. The van der Waals surface area contributed by atoms with Gasteiger partial charge in [0.05, 0.1) is 0 Å². The third kappa shape index (κ3) is 5.04. The Hall–Kier alpha value is -4.12. The maximum atomic E-state index is 12.4. The molecule has 5 rings (SSSR count). The van der Waals surface area contributed by atoms with Crippen LogP contribution < -0.4 is 10.6 Å². The van der Waals surface area contributed by atoms with Crippen LogP contribution in [0.5, 0.6) is 5.75 Å². The van der Waals surface area contributed by atoms with E-state index in [0.29, 0.717) is 29.6 Å². The minimum atomic E-state index is 0.00203. The van der Waals surface area contributed by atoms with E-state index in [1.165, 1.54) is 0 Å². The summed E-state index contributed by atoms with van der Waals surface area (Å²) in [5.41, 5.74) is 6.05. The predicted molar refractivity (Wildman–Crippen MR) is 141 cm³/mol. The zero-order valence-corrected chi connectivity index (χ0v) is 19.8. The second-order valence-corrected chi connectivity index (χ2v) is 9.16. The molecule has 0 aliphatic heterocycles. The third-order valence-electron chi connectivity index (χ3n) is 6.71. The van der Waals surface area contributed by atoms with E-state index in [1.807, 2.05) is 60.7 Å². The number of hydrogen-bond acceptors (Lipinski definition) is 4. The van der Waals surface area contributed by atoms with E-state index < -0.39 is 0 Å². The zero-order chi connectivity index (χ0) is 24.4. The summed E-state index contributed by atoms with van der Waals surface area (Å²) in [4.78, 5) is 16.7. The van der Waals surface area contributed by atoms with E-state index in [0.717, 1.165) is 46.2 Å². The fourth-order valence-corrected chi connectivity index (χ4v) is 4.44. The van der Waals surface area contributed by atoms with Crippen molar-refractivity contribution in [1.82, 2.24) is 15.6 Å². The average molecular weight is 464 g/mol. The number of hydrogen-bond donors (Lipinski definition) is 3. The number of aromatic hydroxyl groups is 1. The standard InChI is InChI=1S/C30H29N3O2/c1-3-21-16-27(21)33-30(35)22-11-9-20(10-12-22)18-32-19(2)23-6-4-7-24(14-23)26-15-25-8-5-13-31-29(25)28(34)17-26/h4-15,17,21,27,32,34H,2-3,16,18H2,1H3,(H,33,35). The number of phenols is 1. The van der Waals surface area contributed by atoms with Crippen LogP contribution in [-0.2, 0) is 6.54 Å². The van der Waals surface area contributed by atoms with Gasteiger partial charge in [-0.3, -0.25) is 9.78 Å². The largest absolute Gasteiger partial charge is 0.506 e. The van der Waals surface area contributed by atoms with Crippen molar-refractivity contribution in [3.63, 3.8) is 0 Å². The lowest BCUT2D eigenvalue weighted by Gasteiger charge is -2.13. The van der Waals surface area contributed by atoms with E-state index in [2.05, 4.69) is 35.2 Å². The maximum absolute atomic E-state index is 12.4. The van der Waals surface area contributed by atoms with Crippen LogP contribution in [0.2, 0.25) is 0 Å². The van der Waals surface area contributed by atoms with E-state index in [1.54, 1.807) is 12.3 Å². The molecule has 176 valence electrons. The molecule has 0 bridgehead atoms. The average Bonchev–Trinajstić information content (AvgIpc) is 3.65. The molecule has 0 spiro atoms. The number of carbonyl (C=O) groups is 1. The molecule has 1 saturated carbocycles. The Labute approximate surface area is 205 Å². The minimum absolute atomic E-state index is 0.00203. The highest BCUT2D eigenvalue weighted by Gasteiger charge is 2.36. The predicted octanol–water partition coefficient (Wildman–Crippen LogP) is 5.90. The molecule has 0 radical (unpaired) electrons. The molecule has 1 aliphatic rings. The van der Waals surface area contributed by atoms with Crippen molar-refractivity contribution in [2.24, 2.45) is 5.92 Å². The molecule has 2 atom stereocenters. The molecule has 1 fully saturated rings. The third-order valence-corrected chi connectivity index (χ3v) is 6.71. The van der Waals surface area contributed by atoms with Gasteiger partial charge in [-0.25, -0.2) is 0 Å². The van der Waals surface area contributed by atoms with E-state index >= 15 is 0 Å². The topological polar surface area (TPSA) is 74.2 Å². The van der Waals surface area contributed by atoms with Gasteiger partial charge < -0.3 is 15.7 Å². The normalized spacial score (nSPS) is 16.6. The van der Waals surface area contributed by atoms with Crippen LogP contribution >= 0.6 is 0 Å². The number of nitrogens with zero attached hydrogens (tertiary/aromatic N) is 1. The summed E-state index contributed by atoms with van der Waals surface area (Å²) in [7, 11) is 0. The molecule has 1 aromatic heterocycles. The summed E-state index contributed by atoms with van der Waals surface area (Å²) in [6, 6.07) is 23.7. The lowest BCUT2D eigenvalue weighted by Crippen LogP contribution is -2.26. The lowest BCUT2D eigenvalue weighted by atomic mass is 10.00. The van der Waals surface area contributed by atoms with Gasteiger partial charge in [-0.05, 0) is 71.0 Å². The second kappa shape index (κ2) is 9.63. The van der Waals surface area contributed by atoms with Crippen LogP contribution in [0.15, 0.2) is 85.6 Å². The summed E-state index contributed by atoms with van der Waals surface area (Å²) >= 11 is 0. The van der Waals surface area contributed by atoms with E-state index in [9.17, 15) is 9.90 Å². The van der Waals surface area contributed by atoms with Gasteiger partial charge in [0.15, 0.2) is 0 Å². The van der Waals surface area contributed by atoms with Crippen LogP contribution in [0.3, 0.4) is 0 Å². The first-order valence-electron chi connectivity index (χ1n) is 12.0. The van der Waals surface area contributed by atoms with Gasteiger partial charge in [0.25, 0.3) is 5.91 Å². The molecular formula is C30H29N3O2. The van der Waals surface area contributed by atoms with E-state index in [-0.39, 0.29) is 11.7 Å². The summed E-state index contributed by atoms with van der Waals surface area (Å²) in [5.74, 6) is 0.804. The fourth-order valence-electron chi connectivity index (χ4n) is 4.44. The monoisotopic (exact) mass is 463 g/mol. The number of pyridine rings is 1. The fraction of sp³-hybridized carbons (Fsp3) is 0.200. The number of phenolic OH excluding ortho intramolecular Hbond substituents is 1. The Bertz CT molecular complexity index is 1390. The summed E-state index contributed by atoms with van der Waals surface area (Å²) in [6.45, 7) is 6.97. The first-order chi connectivity index (χ1) is 17.0. The van der Waals surface area contributed by atoms with Crippen molar-refractivity contribution < 1.29 is 9.90 Å². The number of amides is 1. The molecule has 35 heavy (non-hydrogen) atoms. The lowest BCUT2D eigenvalue weighted by molar-refractivity contribution is 0.0949. The van der Waals surface area contributed by atoms with Crippen molar-refractivity contribution in [2.75, 3.05) is 0 Å². The SMILES string of the molecule is C=C(NCc1ccc(C(=O)NC2CC2CC)cc1)c1cccc(-c2cc(O)c3ncccc3c2)c1. The highest BCUT2D eigenvalue weighted by Crippen LogP contribution is 2.33.